The predicted molar refractivity (Wildman–Crippen MR) is 65.5 cm³/mol. The zero-order chi connectivity index (χ0) is 14.7. The van der Waals surface area contributed by atoms with E-state index >= 15 is 0 Å². The van der Waals surface area contributed by atoms with Crippen molar-refractivity contribution in [3.05, 3.63) is 63.7 Å². The van der Waals surface area contributed by atoms with E-state index in [0.717, 1.165) is 6.07 Å². The van der Waals surface area contributed by atoms with E-state index in [1.54, 1.807) is 12.1 Å². The minimum Gasteiger partial charge on any atom is -0.450 e. The molecular formula is C13H9F2NO4. The summed E-state index contributed by atoms with van der Waals surface area (Å²) >= 11 is 0. The zero-order valence-electron chi connectivity index (χ0n) is 10.0. The van der Waals surface area contributed by atoms with E-state index in [2.05, 4.69) is 0 Å². The number of hydrogen-bond donors (Lipinski definition) is 1. The van der Waals surface area contributed by atoms with Gasteiger partial charge in [0, 0.05) is 12.1 Å². The van der Waals surface area contributed by atoms with Crippen molar-refractivity contribution in [2.24, 2.45) is 0 Å². The number of aliphatic hydroxyl groups is 1. The summed E-state index contributed by atoms with van der Waals surface area (Å²) in [6.45, 7) is -0.253. The molecule has 0 saturated heterocycles. The molecule has 0 saturated carbocycles. The Kier molecular flexibility index (Phi) is 3.90. The molecule has 104 valence electrons. The molecule has 0 unspecified atom stereocenters. The number of rotatable bonds is 4. The van der Waals surface area contributed by atoms with Crippen molar-refractivity contribution >= 4 is 5.69 Å². The molecular weight excluding hydrogens is 272 g/mol. The molecule has 0 amide bonds. The van der Waals surface area contributed by atoms with Gasteiger partial charge in [0.1, 0.15) is 11.6 Å². The second kappa shape index (κ2) is 5.62. The molecule has 2 aromatic carbocycles. The van der Waals surface area contributed by atoms with Gasteiger partial charge in [-0.1, -0.05) is 12.1 Å². The molecule has 0 aromatic heterocycles. The maximum absolute atomic E-state index is 13.4. The Balaban J connectivity index is 2.44. The summed E-state index contributed by atoms with van der Waals surface area (Å²) in [6.07, 6.45) is 0. The van der Waals surface area contributed by atoms with Crippen LogP contribution in [0.1, 0.15) is 5.56 Å². The summed E-state index contributed by atoms with van der Waals surface area (Å²) in [7, 11) is 0. The van der Waals surface area contributed by atoms with Crippen LogP contribution in [0.25, 0.3) is 0 Å². The number of ether oxygens (including phenoxy) is 1. The van der Waals surface area contributed by atoms with Crippen LogP contribution in [0.2, 0.25) is 0 Å². The van der Waals surface area contributed by atoms with Crippen molar-refractivity contribution in [2.75, 3.05) is 0 Å². The highest BCUT2D eigenvalue weighted by Gasteiger charge is 2.24. The van der Waals surface area contributed by atoms with Gasteiger partial charge >= 0.3 is 5.69 Å². The van der Waals surface area contributed by atoms with Gasteiger partial charge in [-0.15, -0.1) is 0 Å². The van der Waals surface area contributed by atoms with E-state index in [0.29, 0.717) is 11.6 Å². The molecule has 0 aliphatic heterocycles. The maximum Gasteiger partial charge on any atom is 0.347 e. The first-order valence-corrected chi connectivity index (χ1v) is 5.52. The SMILES string of the molecule is O=[N+]([O-])c1c(F)cc(F)cc1Oc1cccc(CO)c1. The summed E-state index contributed by atoms with van der Waals surface area (Å²) in [5.41, 5.74) is -0.442. The Bertz CT molecular complexity index is 661. The molecule has 0 aliphatic rings. The summed E-state index contributed by atoms with van der Waals surface area (Å²) in [5, 5.41) is 19.8. The number of aliphatic hydroxyl groups excluding tert-OH is 1. The Morgan fingerprint density at radius 3 is 2.65 bits per heavy atom. The second-order valence-electron chi connectivity index (χ2n) is 3.90. The molecule has 5 nitrogen and oxygen atoms in total. The van der Waals surface area contributed by atoms with Crippen LogP contribution >= 0.6 is 0 Å². The number of nitrogens with zero attached hydrogens (tertiary/aromatic N) is 1. The van der Waals surface area contributed by atoms with E-state index in [4.69, 9.17) is 9.84 Å². The van der Waals surface area contributed by atoms with E-state index in [9.17, 15) is 18.9 Å². The maximum atomic E-state index is 13.4. The first kappa shape index (κ1) is 13.9. The van der Waals surface area contributed by atoms with Crippen LogP contribution in [0.5, 0.6) is 11.5 Å². The molecule has 0 spiro atoms. The monoisotopic (exact) mass is 281 g/mol. The quantitative estimate of drug-likeness (QED) is 0.690. The summed E-state index contributed by atoms with van der Waals surface area (Å²) in [4.78, 5) is 9.80. The van der Waals surface area contributed by atoms with Crippen molar-refractivity contribution in [3.8, 4) is 11.5 Å². The Labute approximate surface area is 112 Å². The van der Waals surface area contributed by atoms with E-state index in [1.165, 1.54) is 12.1 Å². The number of benzene rings is 2. The smallest absolute Gasteiger partial charge is 0.347 e. The third kappa shape index (κ3) is 2.89. The van der Waals surface area contributed by atoms with Crippen LogP contribution in [-0.4, -0.2) is 10.0 Å². The van der Waals surface area contributed by atoms with Crippen LogP contribution < -0.4 is 4.74 Å². The van der Waals surface area contributed by atoms with E-state index < -0.39 is 28.0 Å². The highest BCUT2D eigenvalue weighted by atomic mass is 19.1. The highest BCUT2D eigenvalue weighted by molar-refractivity contribution is 5.50. The summed E-state index contributed by atoms with van der Waals surface area (Å²) in [5.74, 6) is -2.71. The van der Waals surface area contributed by atoms with Crippen molar-refractivity contribution in [1.82, 2.24) is 0 Å². The molecule has 1 N–H and O–H groups in total. The number of hydrogen-bond acceptors (Lipinski definition) is 4. The Hall–Kier alpha value is -2.54. The van der Waals surface area contributed by atoms with Crippen molar-refractivity contribution < 1.29 is 23.5 Å². The van der Waals surface area contributed by atoms with Gasteiger partial charge in [-0.25, -0.2) is 4.39 Å². The molecule has 7 heteroatoms. The lowest BCUT2D eigenvalue weighted by molar-refractivity contribution is -0.388. The van der Waals surface area contributed by atoms with Gasteiger partial charge in [0.2, 0.25) is 11.6 Å². The van der Waals surface area contributed by atoms with Crippen LogP contribution in [0.4, 0.5) is 14.5 Å². The zero-order valence-corrected chi connectivity index (χ0v) is 10.0. The van der Waals surface area contributed by atoms with Crippen LogP contribution in [0.3, 0.4) is 0 Å². The minimum absolute atomic E-state index is 0.129. The minimum atomic E-state index is -1.32. The fraction of sp³-hybridized carbons (Fsp3) is 0.0769. The molecule has 20 heavy (non-hydrogen) atoms. The molecule has 0 atom stereocenters. The fourth-order valence-electron chi connectivity index (χ4n) is 1.63. The first-order chi connectivity index (χ1) is 9.51. The third-order valence-corrected chi connectivity index (χ3v) is 2.48. The lowest BCUT2D eigenvalue weighted by atomic mass is 10.2. The first-order valence-electron chi connectivity index (χ1n) is 5.52. The van der Waals surface area contributed by atoms with Crippen molar-refractivity contribution in [3.63, 3.8) is 0 Å². The molecule has 2 aromatic rings. The van der Waals surface area contributed by atoms with Crippen LogP contribution in [0.15, 0.2) is 36.4 Å². The molecule has 0 bridgehead atoms. The lowest BCUT2D eigenvalue weighted by Crippen LogP contribution is -1.98. The Morgan fingerprint density at radius 2 is 2.00 bits per heavy atom. The standard InChI is InChI=1S/C13H9F2NO4/c14-9-5-11(15)13(16(18)19)12(6-9)20-10-3-1-2-8(4-10)7-17/h1-6,17H,7H2. The van der Waals surface area contributed by atoms with Crippen LogP contribution in [0, 0.1) is 21.7 Å². The average molecular weight is 281 g/mol. The van der Waals surface area contributed by atoms with Gasteiger partial charge < -0.3 is 9.84 Å². The molecule has 0 radical (unpaired) electrons. The number of nitro groups is 1. The van der Waals surface area contributed by atoms with E-state index in [1.807, 2.05) is 0 Å². The molecule has 0 heterocycles. The third-order valence-electron chi connectivity index (χ3n) is 2.48. The Morgan fingerprint density at radius 1 is 1.25 bits per heavy atom. The van der Waals surface area contributed by atoms with Gasteiger partial charge in [-0.05, 0) is 17.7 Å². The van der Waals surface area contributed by atoms with Gasteiger partial charge in [-0.3, -0.25) is 10.1 Å². The fourth-order valence-corrected chi connectivity index (χ4v) is 1.63. The number of nitro benzene ring substituents is 1. The predicted octanol–water partition coefficient (Wildman–Crippen LogP) is 3.16. The molecule has 0 aliphatic carbocycles. The van der Waals surface area contributed by atoms with Crippen molar-refractivity contribution in [1.29, 1.82) is 0 Å². The topological polar surface area (TPSA) is 72.6 Å². The largest absolute Gasteiger partial charge is 0.450 e. The van der Waals surface area contributed by atoms with Gasteiger partial charge in [0.25, 0.3) is 0 Å². The van der Waals surface area contributed by atoms with E-state index in [-0.39, 0.29) is 12.4 Å². The van der Waals surface area contributed by atoms with Crippen LogP contribution in [-0.2, 0) is 6.61 Å². The number of halogens is 2. The van der Waals surface area contributed by atoms with Gasteiger partial charge in [-0.2, -0.15) is 4.39 Å². The summed E-state index contributed by atoms with van der Waals surface area (Å²) < 4.78 is 31.7. The summed E-state index contributed by atoms with van der Waals surface area (Å²) in [6, 6.07) is 7.15. The van der Waals surface area contributed by atoms with Gasteiger partial charge in [0.15, 0.2) is 0 Å². The lowest BCUT2D eigenvalue weighted by Gasteiger charge is -2.08. The van der Waals surface area contributed by atoms with Gasteiger partial charge in [0.05, 0.1) is 11.5 Å². The highest BCUT2D eigenvalue weighted by Crippen LogP contribution is 2.34. The molecule has 0 fully saturated rings. The molecule has 2 rings (SSSR count). The normalized spacial score (nSPS) is 10.3. The second-order valence-corrected chi connectivity index (χ2v) is 3.90. The van der Waals surface area contributed by atoms with Crippen molar-refractivity contribution in [2.45, 2.75) is 6.61 Å². The average Bonchev–Trinajstić information content (AvgIpc) is 2.37.